The van der Waals surface area contributed by atoms with Crippen LogP contribution in [0.15, 0.2) is 212 Å². The highest BCUT2D eigenvalue weighted by Gasteiger charge is 2.19. The van der Waals surface area contributed by atoms with Gasteiger partial charge in [-0.1, -0.05) is 170 Å². The second-order valence-corrected chi connectivity index (χ2v) is 13.0. The van der Waals surface area contributed by atoms with Crippen LogP contribution < -0.4 is 4.90 Å². The molecule has 0 aliphatic heterocycles. The summed E-state index contributed by atoms with van der Waals surface area (Å²) in [6.45, 7) is 0. The predicted molar refractivity (Wildman–Crippen MR) is 218 cm³/mol. The van der Waals surface area contributed by atoms with Gasteiger partial charge in [0.2, 0.25) is 0 Å². The number of benzene rings is 9. The smallest absolute Gasteiger partial charge is 0.0540 e. The average molecular weight is 650 g/mol. The summed E-state index contributed by atoms with van der Waals surface area (Å²) >= 11 is 0. The zero-order chi connectivity index (χ0) is 34.0. The lowest BCUT2D eigenvalue weighted by atomic mass is 9.96. The first kappa shape index (κ1) is 30.4. The van der Waals surface area contributed by atoms with E-state index in [0.717, 1.165) is 17.1 Å². The monoisotopic (exact) mass is 649 g/mol. The van der Waals surface area contributed by atoms with Crippen LogP contribution in [0, 0.1) is 0 Å². The van der Waals surface area contributed by atoms with Gasteiger partial charge >= 0.3 is 0 Å². The van der Waals surface area contributed by atoms with E-state index in [4.69, 9.17) is 0 Å². The number of hydrogen-bond donors (Lipinski definition) is 0. The number of anilines is 3. The second-order valence-electron chi connectivity index (χ2n) is 13.0. The topological polar surface area (TPSA) is 3.24 Å². The minimum Gasteiger partial charge on any atom is -0.310 e. The van der Waals surface area contributed by atoms with E-state index in [-0.39, 0.29) is 0 Å². The average Bonchev–Trinajstić information content (AvgIpc) is 3.21. The van der Waals surface area contributed by atoms with Gasteiger partial charge in [-0.05, 0) is 103 Å². The van der Waals surface area contributed by atoms with Gasteiger partial charge in [0.25, 0.3) is 0 Å². The van der Waals surface area contributed by atoms with Crippen molar-refractivity contribution in [2.75, 3.05) is 4.90 Å². The number of hydrogen-bond acceptors (Lipinski definition) is 1. The Balaban J connectivity index is 1.23. The fraction of sp³-hybridized carbons (Fsp3) is 0. The number of rotatable bonds is 7. The largest absolute Gasteiger partial charge is 0.310 e. The molecule has 0 unspecified atom stereocenters. The highest BCUT2D eigenvalue weighted by molar-refractivity contribution is 5.98. The molecular weight excluding hydrogens is 615 g/mol. The van der Waals surface area contributed by atoms with Crippen molar-refractivity contribution in [3.05, 3.63) is 212 Å². The van der Waals surface area contributed by atoms with E-state index in [0.29, 0.717) is 0 Å². The third-order valence-corrected chi connectivity index (χ3v) is 9.82. The van der Waals surface area contributed by atoms with Crippen LogP contribution in [0.2, 0.25) is 0 Å². The molecule has 51 heavy (non-hydrogen) atoms. The quantitative estimate of drug-likeness (QED) is 0.166. The molecule has 0 bridgehead atoms. The SMILES string of the molecule is c1ccc(-c2cccc(-c3ccccc3N(c3cccc(-c4ccc5ccccc5c4)c3)c3cccc(-c4cccc5ccccc45)c3)c2)cc1. The van der Waals surface area contributed by atoms with Crippen molar-refractivity contribution in [3.63, 3.8) is 0 Å². The van der Waals surface area contributed by atoms with Gasteiger partial charge in [0.15, 0.2) is 0 Å². The lowest BCUT2D eigenvalue weighted by Crippen LogP contribution is -2.11. The third-order valence-electron chi connectivity index (χ3n) is 9.82. The van der Waals surface area contributed by atoms with Gasteiger partial charge in [-0.2, -0.15) is 0 Å². The summed E-state index contributed by atoms with van der Waals surface area (Å²) in [4.78, 5) is 2.42. The predicted octanol–water partition coefficient (Wildman–Crippen LogP) is 14.1. The normalized spacial score (nSPS) is 11.1. The van der Waals surface area contributed by atoms with Gasteiger partial charge in [0, 0.05) is 16.9 Å². The van der Waals surface area contributed by atoms with Gasteiger partial charge in [-0.3, -0.25) is 0 Å². The zero-order valence-corrected chi connectivity index (χ0v) is 28.2. The van der Waals surface area contributed by atoms with Crippen molar-refractivity contribution < 1.29 is 0 Å². The summed E-state index contributed by atoms with van der Waals surface area (Å²) in [6, 6.07) is 76.8. The van der Waals surface area contributed by atoms with E-state index in [1.807, 2.05) is 0 Å². The fourth-order valence-electron chi connectivity index (χ4n) is 7.32. The molecule has 9 rings (SSSR count). The molecule has 0 saturated carbocycles. The summed E-state index contributed by atoms with van der Waals surface area (Å²) in [5.74, 6) is 0. The summed E-state index contributed by atoms with van der Waals surface area (Å²) < 4.78 is 0. The minimum absolute atomic E-state index is 1.10. The first-order chi connectivity index (χ1) is 25.3. The van der Waals surface area contributed by atoms with Gasteiger partial charge in [-0.25, -0.2) is 0 Å². The Morgan fingerprint density at radius 3 is 1.59 bits per heavy atom. The zero-order valence-electron chi connectivity index (χ0n) is 28.2. The molecule has 9 aromatic carbocycles. The summed E-state index contributed by atoms with van der Waals surface area (Å²) in [6.07, 6.45) is 0. The van der Waals surface area contributed by atoms with Crippen LogP contribution in [0.4, 0.5) is 17.1 Å². The number of para-hydroxylation sites is 1. The van der Waals surface area contributed by atoms with E-state index < -0.39 is 0 Å². The summed E-state index contributed by atoms with van der Waals surface area (Å²) in [5.41, 5.74) is 12.9. The fourth-order valence-corrected chi connectivity index (χ4v) is 7.32. The molecule has 0 aliphatic rings. The minimum atomic E-state index is 1.10. The molecule has 1 heteroatoms. The van der Waals surface area contributed by atoms with E-state index in [2.05, 4.69) is 217 Å². The molecule has 0 atom stereocenters. The van der Waals surface area contributed by atoms with Crippen molar-refractivity contribution in [1.82, 2.24) is 0 Å². The molecular formula is C50H35N. The first-order valence-corrected chi connectivity index (χ1v) is 17.5. The third kappa shape index (κ3) is 5.96. The van der Waals surface area contributed by atoms with E-state index in [1.54, 1.807) is 0 Å². The van der Waals surface area contributed by atoms with Gasteiger partial charge in [-0.15, -0.1) is 0 Å². The van der Waals surface area contributed by atoms with Crippen LogP contribution in [0.25, 0.3) is 66.1 Å². The standard InChI is InChI=1S/C50H35N/c1-2-14-36(15-3-1)40-20-10-22-43(33-40)49-27-8-9-29-50(49)51(45-24-11-21-41(34-45)42-31-30-37-16-4-5-18-39(37)32-42)46-25-12-23-44(35-46)48-28-13-19-38-17-6-7-26-47(38)48/h1-35H. The van der Waals surface area contributed by atoms with Crippen molar-refractivity contribution >= 4 is 38.6 Å². The number of fused-ring (bicyclic) bond motifs is 2. The van der Waals surface area contributed by atoms with Gasteiger partial charge < -0.3 is 4.90 Å². The Morgan fingerprint density at radius 2 is 0.765 bits per heavy atom. The van der Waals surface area contributed by atoms with Crippen LogP contribution in [0.3, 0.4) is 0 Å². The molecule has 0 fully saturated rings. The first-order valence-electron chi connectivity index (χ1n) is 17.5. The molecule has 240 valence electrons. The maximum absolute atomic E-state index is 2.42. The molecule has 1 nitrogen and oxygen atoms in total. The van der Waals surface area contributed by atoms with E-state index in [1.165, 1.54) is 66.1 Å². The lowest BCUT2D eigenvalue weighted by molar-refractivity contribution is 1.28. The van der Waals surface area contributed by atoms with E-state index in [9.17, 15) is 0 Å². The molecule has 0 spiro atoms. The molecule has 0 radical (unpaired) electrons. The van der Waals surface area contributed by atoms with Gasteiger partial charge in [0.05, 0.1) is 5.69 Å². The lowest BCUT2D eigenvalue weighted by Gasteiger charge is -2.29. The Bertz CT molecular complexity index is 2650. The van der Waals surface area contributed by atoms with Crippen molar-refractivity contribution in [2.24, 2.45) is 0 Å². The summed E-state index contributed by atoms with van der Waals surface area (Å²) in [5, 5.41) is 4.98. The van der Waals surface area contributed by atoms with Crippen LogP contribution >= 0.6 is 0 Å². The Labute approximate surface area is 299 Å². The highest BCUT2D eigenvalue weighted by atomic mass is 15.1. The van der Waals surface area contributed by atoms with Crippen LogP contribution in [0.5, 0.6) is 0 Å². The van der Waals surface area contributed by atoms with Crippen LogP contribution in [-0.2, 0) is 0 Å². The number of nitrogens with zero attached hydrogens (tertiary/aromatic N) is 1. The molecule has 0 aliphatic carbocycles. The van der Waals surface area contributed by atoms with Gasteiger partial charge in [0.1, 0.15) is 0 Å². The second kappa shape index (κ2) is 13.3. The summed E-state index contributed by atoms with van der Waals surface area (Å²) in [7, 11) is 0. The van der Waals surface area contributed by atoms with Crippen molar-refractivity contribution in [2.45, 2.75) is 0 Å². The van der Waals surface area contributed by atoms with Crippen LogP contribution in [0.1, 0.15) is 0 Å². The molecule has 0 N–H and O–H groups in total. The molecule has 0 saturated heterocycles. The molecule has 0 heterocycles. The molecule has 0 amide bonds. The molecule has 9 aromatic rings. The Morgan fingerprint density at radius 1 is 0.255 bits per heavy atom. The van der Waals surface area contributed by atoms with Crippen molar-refractivity contribution in [1.29, 1.82) is 0 Å². The Kier molecular flexibility index (Phi) is 7.92. The van der Waals surface area contributed by atoms with E-state index >= 15 is 0 Å². The molecule has 0 aromatic heterocycles. The maximum atomic E-state index is 2.42. The Hall–Kier alpha value is -6.70. The van der Waals surface area contributed by atoms with Crippen LogP contribution in [-0.4, -0.2) is 0 Å². The maximum Gasteiger partial charge on any atom is 0.0540 e. The van der Waals surface area contributed by atoms with Crippen molar-refractivity contribution in [3.8, 4) is 44.5 Å². The highest BCUT2D eigenvalue weighted by Crippen LogP contribution is 2.44.